The summed E-state index contributed by atoms with van der Waals surface area (Å²) >= 11 is 20.9. The van der Waals surface area contributed by atoms with Crippen molar-refractivity contribution < 1.29 is 14.3 Å². The second-order valence-corrected chi connectivity index (χ2v) is 8.64. The fraction of sp³-hybridized carbons (Fsp3) is 0.167. The van der Waals surface area contributed by atoms with Crippen LogP contribution in [0, 0.1) is 0 Å². The summed E-state index contributed by atoms with van der Waals surface area (Å²) in [6.45, 7) is 0. The molecule has 26 heavy (non-hydrogen) atoms. The molecule has 0 aliphatic heterocycles. The lowest BCUT2D eigenvalue weighted by Crippen LogP contribution is -2.20. The SMILES string of the molecule is COc1cc(OC)c2c(-c3ccc(Br)cc3)c[nH]c2c1C(=O)C(Cl)(Cl)Cl. The number of H-pyrrole nitrogens is 1. The molecule has 0 radical (unpaired) electrons. The number of benzene rings is 2. The summed E-state index contributed by atoms with van der Waals surface area (Å²) in [5.74, 6) is 0.114. The maximum Gasteiger partial charge on any atom is 0.253 e. The van der Waals surface area contributed by atoms with Gasteiger partial charge in [0.2, 0.25) is 5.78 Å². The molecule has 0 spiro atoms. The van der Waals surface area contributed by atoms with Crippen LogP contribution >= 0.6 is 50.7 Å². The molecule has 0 atom stereocenters. The van der Waals surface area contributed by atoms with Gasteiger partial charge in [0.15, 0.2) is 0 Å². The van der Waals surface area contributed by atoms with Crippen LogP contribution in [-0.2, 0) is 0 Å². The number of hydrogen-bond donors (Lipinski definition) is 1. The van der Waals surface area contributed by atoms with E-state index in [0.717, 1.165) is 15.6 Å². The number of fused-ring (bicyclic) bond motifs is 1. The van der Waals surface area contributed by atoms with Gasteiger partial charge >= 0.3 is 0 Å². The first kappa shape index (κ1) is 19.4. The summed E-state index contributed by atoms with van der Waals surface area (Å²) in [5, 5.41) is 0.702. The predicted octanol–water partition coefficient (Wildman–Crippen LogP) is 6.17. The smallest absolute Gasteiger partial charge is 0.253 e. The Labute approximate surface area is 173 Å². The van der Waals surface area contributed by atoms with Crippen molar-refractivity contribution in [2.24, 2.45) is 0 Å². The zero-order chi connectivity index (χ0) is 19.1. The van der Waals surface area contributed by atoms with E-state index in [1.165, 1.54) is 7.11 Å². The van der Waals surface area contributed by atoms with E-state index in [0.29, 0.717) is 16.7 Å². The molecule has 0 aliphatic carbocycles. The van der Waals surface area contributed by atoms with Gasteiger partial charge < -0.3 is 14.5 Å². The van der Waals surface area contributed by atoms with Crippen molar-refractivity contribution in [1.29, 1.82) is 0 Å². The second-order valence-electron chi connectivity index (χ2n) is 5.44. The number of rotatable bonds is 4. The number of methoxy groups -OCH3 is 2. The Kier molecular flexibility index (Phi) is 5.45. The van der Waals surface area contributed by atoms with E-state index in [2.05, 4.69) is 20.9 Å². The van der Waals surface area contributed by atoms with Gasteiger partial charge in [-0.1, -0.05) is 62.9 Å². The molecule has 0 bridgehead atoms. The van der Waals surface area contributed by atoms with Gasteiger partial charge in [0.05, 0.1) is 30.7 Å². The monoisotopic (exact) mass is 475 g/mol. The number of halogens is 4. The lowest BCUT2D eigenvalue weighted by molar-refractivity contribution is 0.0995. The zero-order valence-corrected chi connectivity index (χ0v) is 17.6. The van der Waals surface area contributed by atoms with Crippen LogP contribution in [0.4, 0.5) is 0 Å². The minimum Gasteiger partial charge on any atom is -0.496 e. The second kappa shape index (κ2) is 7.31. The zero-order valence-electron chi connectivity index (χ0n) is 13.7. The third kappa shape index (κ3) is 3.41. The van der Waals surface area contributed by atoms with Crippen LogP contribution in [0.1, 0.15) is 10.4 Å². The molecule has 2 aromatic carbocycles. The van der Waals surface area contributed by atoms with E-state index in [1.54, 1.807) is 19.4 Å². The molecule has 0 unspecified atom stereocenters. The maximum atomic E-state index is 12.7. The molecule has 4 nitrogen and oxygen atoms in total. The highest BCUT2D eigenvalue weighted by Crippen LogP contribution is 2.44. The van der Waals surface area contributed by atoms with E-state index >= 15 is 0 Å². The van der Waals surface area contributed by atoms with Crippen molar-refractivity contribution in [3.8, 4) is 22.6 Å². The lowest BCUT2D eigenvalue weighted by atomic mass is 10.00. The van der Waals surface area contributed by atoms with Crippen molar-refractivity contribution >= 4 is 67.4 Å². The summed E-state index contributed by atoms with van der Waals surface area (Å²) in [4.78, 5) is 15.8. The molecule has 0 amide bonds. The molecule has 3 rings (SSSR count). The molecule has 136 valence electrons. The summed E-state index contributed by atoms with van der Waals surface area (Å²) < 4.78 is 9.70. The highest BCUT2D eigenvalue weighted by atomic mass is 79.9. The summed E-state index contributed by atoms with van der Waals surface area (Å²) in [6, 6.07) is 9.37. The number of Topliss-reactive ketones (excluding diaryl/α,β-unsaturated/α-hetero) is 1. The van der Waals surface area contributed by atoms with Gasteiger partial charge in [0.25, 0.3) is 3.79 Å². The van der Waals surface area contributed by atoms with E-state index < -0.39 is 9.58 Å². The summed E-state index contributed by atoms with van der Waals surface area (Å²) in [5.41, 5.74) is 2.43. The summed E-state index contributed by atoms with van der Waals surface area (Å²) in [7, 11) is 2.98. The third-order valence-electron chi connectivity index (χ3n) is 3.96. The highest BCUT2D eigenvalue weighted by molar-refractivity contribution is 9.10. The Morgan fingerprint density at radius 2 is 1.69 bits per heavy atom. The fourth-order valence-corrected chi connectivity index (χ4v) is 3.36. The Bertz CT molecular complexity index is 978. The van der Waals surface area contributed by atoms with Gasteiger partial charge in [-0.05, 0) is 17.7 Å². The van der Waals surface area contributed by atoms with Gasteiger partial charge in [-0.25, -0.2) is 0 Å². The number of aromatic nitrogens is 1. The van der Waals surface area contributed by atoms with Gasteiger partial charge in [-0.15, -0.1) is 0 Å². The molecule has 3 aromatic rings. The number of nitrogens with one attached hydrogen (secondary N) is 1. The standard InChI is InChI=1S/C18H13BrCl3NO3/c1-25-12-7-13(26-2)15(17(24)18(20,21)22)16-14(12)11(8-23-16)9-3-5-10(19)6-4-9/h3-8,23H,1-2H3. The number of aromatic amines is 1. The first-order valence-corrected chi connectivity index (χ1v) is 9.34. The molecule has 8 heteroatoms. The number of ketones is 1. The first-order valence-electron chi connectivity index (χ1n) is 7.41. The Balaban J connectivity index is 2.36. The molecule has 0 saturated heterocycles. The Morgan fingerprint density at radius 3 is 2.23 bits per heavy atom. The Hall–Kier alpha value is -1.40. The van der Waals surface area contributed by atoms with Crippen LogP contribution in [-0.4, -0.2) is 28.8 Å². The fourth-order valence-electron chi connectivity index (χ4n) is 2.81. The van der Waals surface area contributed by atoms with E-state index in [4.69, 9.17) is 44.3 Å². The number of carbonyl (C=O) groups is 1. The van der Waals surface area contributed by atoms with Crippen LogP contribution in [0.25, 0.3) is 22.0 Å². The molecule has 1 heterocycles. The van der Waals surface area contributed by atoms with Crippen molar-refractivity contribution in [1.82, 2.24) is 4.98 Å². The third-order valence-corrected chi connectivity index (χ3v) is 5.01. The molecular weight excluding hydrogens is 464 g/mol. The number of ether oxygens (including phenoxy) is 2. The van der Waals surface area contributed by atoms with Crippen molar-refractivity contribution in [2.45, 2.75) is 3.79 Å². The van der Waals surface area contributed by atoms with E-state index in [-0.39, 0.29) is 11.3 Å². The largest absolute Gasteiger partial charge is 0.496 e. The molecule has 0 saturated carbocycles. The highest BCUT2D eigenvalue weighted by Gasteiger charge is 2.36. The minimum atomic E-state index is -2.11. The molecule has 0 fully saturated rings. The van der Waals surface area contributed by atoms with Gasteiger partial charge in [-0.2, -0.15) is 0 Å². The predicted molar refractivity (Wildman–Crippen MR) is 109 cm³/mol. The van der Waals surface area contributed by atoms with Gasteiger partial charge in [0, 0.05) is 22.3 Å². The van der Waals surface area contributed by atoms with Crippen molar-refractivity contribution in [2.75, 3.05) is 14.2 Å². The molecule has 1 N–H and O–H groups in total. The van der Waals surface area contributed by atoms with Crippen molar-refractivity contribution in [3.63, 3.8) is 0 Å². The number of hydrogen-bond acceptors (Lipinski definition) is 3. The van der Waals surface area contributed by atoms with Crippen LogP contribution < -0.4 is 9.47 Å². The van der Waals surface area contributed by atoms with Crippen LogP contribution in [0.15, 0.2) is 41.0 Å². The number of carbonyl (C=O) groups excluding carboxylic acids is 1. The van der Waals surface area contributed by atoms with E-state index in [9.17, 15) is 4.79 Å². The quantitative estimate of drug-likeness (QED) is 0.361. The maximum absolute atomic E-state index is 12.7. The first-order chi connectivity index (χ1) is 12.3. The number of alkyl halides is 3. The molecular formula is C18H13BrCl3NO3. The molecule has 1 aromatic heterocycles. The lowest BCUT2D eigenvalue weighted by Gasteiger charge is -2.16. The van der Waals surface area contributed by atoms with Crippen LogP contribution in [0.5, 0.6) is 11.5 Å². The molecule has 0 aliphatic rings. The Morgan fingerprint density at radius 1 is 1.08 bits per heavy atom. The van der Waals surface area contributed by atoms with E-state index in [1.807, 2.05) is 24.3 Å². The average molecular weight is 478 g/mol. The van der Waals surface area contributed by atoms with Crippen molar-refractivity contribution in [3.05, 3.63) is 46.6 Å². The van der Waals surface area contributed by atoms with Gasteiger partial charge in [-0.3, -0.25) is 4.79 Å². The minimum absolute atomic E-state index is 0.159. The van der Waals surface area contributed by atoms with Crippen LogP contribution in [0.2, 0.25) is 0 Å². The van der Waals surface area contributed by atoms with Gasteiger partial charge in [0.1, 0.15) is 11.5 Å². The summed E-state index contributed by atoms with van der Waals surface area (Å²) in [6.07, 6.45) is 1.78. The normalized spacial score (nSPS) is 11.6. The van der Waals surface area contributed by atoms with Crippen LogP contribution in [0.3, 0.4) is 0 Å². The average Bonchev–Trinajstić information content (AvgIpc) is 3.04. The topological polar surface area (TPSA) is 51.3 Å².